The van der Waals surface area contributed by atoms with Crippen LogP contribution in [0.2, 0.25) is 0 Å². The van der Waals surface area contributed by atoms with Crippen molar-refractivity contribution in [3.05, 3.63) is 59.7 Å². The van der Waals surface area contributed by atoms with Gasteiger partial charge >= 0.3 is 30.0 Å². The van der Waals surface area contributed by atoms with E-state index < -0.39 is 65.3 Å². The molecule has 0 aromatic heterocycles. The van der Waals surface area contributed by atoms with Crippen molar-refractivity contribution in [1.29, 1.82) is 0 Å². The quantitative estimate of drug-likeness (QED) is 0.141. The van der Waals surface area contributed by atoms with Gasteiger partial charge in [-0.25, -0.2) is 14.4 Å². The van der Waals surface area contributed by atoms with Crippen molar-refractivity contribution in [2.24, 2.45) is 22.7 Å². The van der Waals surface area contributed by atoms with Gasteiger partial charge in [-0.2, -0.15) is 0 Å². The van der Waals surface area contributed by atoms with Crippen LogP contribution >= 0.6 is 0 Å². The molecule has 3 aliphatic rings. The SMILES string of the molecule is C=C1CCC2[C@](C)(COC(C)=O)[C@H](OC(C)=O)CC[C@]2(C)[C@H]1C/C=C1/C(=O)OC[C@H]1OC(=O)[C@@H](O)[C@@H](NC(=O)OC(C)(C)C)c1ccccc1. The number of hydrogen-bond donors (Lipinski definition) is 2. The lowest BCUT2D eigenvalue weighted by Gasteiger charge is -2.60. The number of carbonyl (C=O) groups excluding carboxylic acids is 5. The lowest BCUT2D eigenvalue weighted by atomic mass is 9.46. The van der Waals surface area contributed by atoms with Crippen molar-refractivity contribution >= 4 is 30.0 Å². The maximum Gasteiger partial charge on any atom is 0.408 e. The summed E-state index contributed by atoms with van der Waals surface area (Å²) in [7, 11) is 0. The highest BCUT2D eigenvalue weighted by Crippen LogP contribution is 2.62. The van der Waals surface area contributed by atoms with Gasteiger partial charge in [-0.3, -0.25) is 9.59 Å². The molecule has 12 nitrogen and oxygen atoms in total. The summed E-state index contributed by atoms with van der Waals surface area (Å²) in [5.74, 6) is -2.60. The van der Waals surface area contributed by atoms with E-state index in [0.29, 0.717) is 31.2 Å². The van der Waals surface area contributed by atoms with Crippen LogP contribution in [0.4, 0.5) is 4.79 Å². The molecule has 2 saturated carbocycles. The van der Waals surface area contributed by atoms with E-state index in [0.717, 1.165) is 12.0 Å². The molecule has 0 bridgehead atoms. The number of esters is 4. The summed E-state index contributed by atoms with van der Waals surface area (Å²) < 4.78 is 27.6. The number of alkyl carbamates (subject to hydrolysis) is 1. The van der Waals surface area contributed by atoms with Crippen molar-refractivity contribution in [1.82, 2.24) is 5.32 Å². The van der Waals surface area contributed by atoms with Gasteiger partial charge in [0.25, 0.3) is 0 Å². The second kappa shape index (κ2) is 15.4. The number of benzene rings is 1. The Morgan fingerprint density at radius 3 is 2.38 bits per heavy atom. The van der Waals surface area contributed by atoms with Crippen LogP contribution in [0, 0.1) is 22.7 Å². The standard InChI is InChI=1S/C38H51NO11/c1-22-14-17-29-37(7,19-18-30(48-24(3)41)38(29,8)21-47-23(2)40)27(22)16-15-26-28(20-46-33(26)43)49-34(44)32(42)31(25-12-10-9-11-13-25)39-35(45)50-36(4,5)6/h9-13,15,27-32,42H,1,14,16-21H2,2-8H3,(H,39,45)/b26-15+/t27-,28+,29?,30+,31-,32-,37+,38-/m0/s1. The zero-order valence-electron chi connectivity index (χ0n) is 30.1. The fraction of sp³-hybridized carbons (Fsp3) is 0.605. The average molecular weight is 698 g/mol. The maximum absolute atomic E-state index is 13.4. The molecule has 274 valence electrons. The van der Waals surface area contributed by atoms with Crippen molar-refractivity contribution in [3.8, 4) is 0 Å². The number of aliphatic hydroxyl groups excluding tert-OH is 1. The first-order chi connectivity index (χ1) is 23.4. The Morgan fingerprint density at radius 1 is 1.08 bits per heavy atom. The zero-order valence-corrected chi connectivity index (χ0v) is 30.1. The molecule has 4 rings (SSSR count). The highest BCUT2D eigenvalue weighted by molar-refractivity contribution is 5.92. The van der Waals surface area contributed by atoms with Crippen LogP contribution in [0.3, 0.4) is 0 Å². The normalized spacial score (nSPS) is 30.0. The van der Waals surface area contributed by atoms with Gasteiger partial charge in [-0.05, 0) is 75.7 Å². The van der Waals surface area contributed by atoms with Crippen LogP contribution in [0.15, 0.2) is 54.1 Å². The van der Waals surface area contributed by atoms with Gasteiger partial charge < -0.3 is 34.1 Å². The van der Waals surface area contributed by atoms with Crippen LogP contribution in [-0.4, -0.2) is 72.2 Å². The molecule has 2 aliphatic carbocycles. The molecule has 1 aliphatic heterocycles. The number of hydrogen-bond acceptors (Lipinski definition) is 11. The van der Waals surface area contributed by atoms with Gasteiger partial charge in [0.15, 0.2) is 12.2 Å². The van der Waals surface area contributed by atoms with E-state index >= 15 is 0 Å². The molecule has 8 atom stereocenters. The lowest BCUT2D eigenvalue weighted by Crippen LogP contribution is -2.58. The maximum atomic E-state index is 13.4. The van der Waals surface area contributed by atoms with E-state index in [9.17, 15) is 29.1 Å². The fourth-order valence-electron chi connectivity index (χ4n) is 8.05. The third kappa shape index (κ3) is 8.75. The number of ether oxygens (including phenoxy) is 5. The molecule has 0 spiro atoms. The van der Waals surface area contributed by atoms with Crippen LogP contribution in [0.5, 0.6) is 0 Å². The highest BCUT2D eigenvalue weighted by atomic mass is 16.6. The number of cyclic esters (lactones) is 1. The number of amides is 1. The van der Waals surface area contributed by atoms with Gasteiger partial charge in [0.1, 0.15) is 24.9 Å². The molecule has 1 aromatic carbocycles. The van der Waals surface area contributed by atoms with E-state index in [4.69, 9.17) is 23.7 Å². The second-order valence-electron chi connectivity index (χ2n) is 15.1. The van der Waals surface area contributed by atoms with E-state index in [2.05, 4.69) is 18.8 Å². The Labute approximate surface area is 293 Å². The van der Waals surface area contributed by atoms with E-state index in [1.54, 1.807) is 57.2 Å². The third-order valence-corrected chi connectivity index (χ3v) is 10.4. The first-order valence-electron chi connectivity index (χ1n) is 17.1. The smallest absolute Gasteiger partial charge is 0.408 e. The van der Waals surface area contributed by atoms with Crippen molar-refractivity contribution in [2.45, 2.75) is 111 Å². The first-order valence-corrected chi connectivity index (χ1v) is 17.1. The minimum absolute atomic E-state index is 0.00644. The second-order valence-corrected chi connectivity index (χ2v) is 15.1. The Morgan fingerprint density at radius 2 is 1.76 bits per heavy atom. The Kier molecular flexibility index (Phi) is 11.9. The van der Waals surface area contributed by atoms with E-state index in [1.807, 2.05) is 6.92 Å². The lowest BCUT2D eigenvalue weighted by molar-refractivity contribution is -0.191. The molecule has 12 heteroatoms. The summed E-state index contributed by atoms with van der Waals surface area (Å²) in [5, 5.41) is 13.7. The molecule has 2 N–H and O–H groups in total. The predicted octanol–water partition coefficient (Wildman–Crippen LogP) is 5.28. The molecule has 1 heterocycles. The summed E-state index contributed by atoms with van der Waals surface area (Å²) in [6, 6.07) is 7.25. The predicted molar refractivity (Wildman–Crippen MR) is 181 cm³/mol. The Hall–Kier alpha value is -4.19. The van der Waals surface area contributed by atoms with Crippen LogP contribution in [0.25, 0.3) is 0 Å². The Balaban J connectivity index is 1.54. The summed E-state index contributed by atoms with van der Waals surface area (Å²) in [6.07, 6.45) is 0.647. The summed E-state index contributed by atoms with van der Waals surface area (Å²) in [6.45, 7) is 16.2. The summed E-state index contributed by atoms with van der Waals surface area (Å²) >= 11 is 0. The fourth-order valence-corrected chi connectivity index (χ4v) is 8.05. The van der Waals surface area contributed by atoms with Gasteiger partial charge in [0, 0.05) is 19.3 Å². The number of aliphatic hydroxyl groups is 1. The van der Waals surface area contributed by atoms with Crippen LogP contribution < -0.4 is 5.32 Å². The largest absolute Gasteiger partial charge is 0.465 e. The topological polar surface area (TPSA) is 164 Å². The molecule has 1 aromatic rings. The minimum Gasteiger partial charge on any atom is -0.465 e. The zero-order chi connectivity index (χ0) is 37.0. The number of carbonyl (C=O) groups is 5. The third-order valence-electron chi connectivity index (χ3n) is 10.4. The number of fused-ring (bicyclic) bond motifs is 1. The van der Waals surface area contributed by atoms with Crippen molar-refractivity contribution < 1.29 is 52.8 Å². The molecule has 1 unspecified atom stereocenters. The van der Waals surface area contributed by atoms with Crippen molar-refractivity contribution in [3.63, 3.8) is 0 Å². The molecular weight excluding hydrogens is 646 g/mol. The van der Waals surface area contributed by atoms with Crippen LogP contribution in [0.1, 0.15) is 92.2 Å². The van der Waals surface area contributed by atoms with Gasteiger partial charge in [-0.1, -0.05) is 62.4 Å². The summed E-state index contributed by atoms with van der Waals surface area (Å²) in [4.78, 5) is 62.9. The average Bonchev–Trinajstić information content (AvgIpc) is 3.37. The van der Waals surface area contributed by atoms with Gasteiger partial charge in [0.2, 0.25) is 0 Å². The minimum atomic E-state index is -1.83. The first kappa shape index (κ1) is 38.6. The number of rotatable bonds is 10. The van der Waals surface area contributed by atoms with Crippen LogP contribution in [-0.2, 0) is 42.9 Å². The molecule has 0 radical (unpaired) electrons. The van der Waals surface area contributed by atoms with Crippen molar-refractivity contribution in [2.75, 3.05) is 13.2 Å². The highest BCUT2D eigenvalue weighted by Gasteiger charge is 2.59. The van der Waals surface area contributed by atoms with Gasteiger partial charge in [0.05, 0.1) is 11.6 Å². The van der Waals surface area contributed by atoms with E-state index in [1.165, 1.54) is 13.8 Å². The van der Waals surface area contributed by atoms with E-state index in [-0.39, 0.29) is 36.0 Å². The molecule has 50 heavy (non-hydrogen) atoms. The number of nitrogens with one attached hydrogen (secondary N) is 1. The molecular formula is C38H51NO11. The summed E-state index contributed by atoms with van der Waals surface area (Å²) in [5.41, 5.74) is -0.215. The molecule has 1 saturated heterocycles. The molecule has 3 fully saturated rings. The van der Waals surface area contributed by atoms with Gasteiger partial charge in [-0.15, -0.1) is 0 Å². The molecule has 1 amide bonds. The Bertz CT molecular complexity index is 1500. The monoisotopic (exact) mass is 697 g/mol. The number of allylic oxidation sites excluding steroid dienone is 2.